The Morgan fingerprint density at radius 3 is 0.772 bits per heavy atom. The van der Waals surface area contributed by atoms with Gasteiger partial charge in [0.05, 0.1) is 20.6 Å². The molecule has 22 heteroatoms. The number of hydrogen-bond donors (Lipinski definition) is 1. The van der Waals surface area contributed by atoms with Gasteiger partial charge in [-0.15, -0.1) is 21.9 Å². The lowest BCUT2D eigenvalue weighted by molar-refractivity contribution is -0.858. The van der Waals surface area contributed by atoms with E-state index in [4.69, 9.17) is 0 Å². The van der Waals surface area contributed by atoms with Crippen molar-refractivity contribution >= 4 is 28.0 Å². The van der Waals surface area contributed by atoms with Crippen LogP contribution in [0.25, 0.3) is 0 Å². The second-order valence-corrected chi connectivity index (χ2v) is 13.4. The van der Waals surface area contributed by atoms with E-state index in [1.54, 1.807) is 4.90 Å². The van der Waals surface area contributed by atoms with Gasteiger partial charge in [0.15, 0.2) is 69.8 Å². The largest absolute Gasteiger partial charge is 0.340 e. The summed E-state index contributed by atoms with van der Waals surface area (Å²) in [5, 5.41) is 0. The van der Waals surface area contributed by atoms with Crippen LogP contribution in [-0.4, -0.2) is 26.8 Å². The molecule has 1 fully saturated rings. The van der Waals surface area contributed by atoms with Crippen LogP contribution in [0, 0.1) is 122 Å². The maximum absolute atomic E-state index is 15.4. The Balaban J connectivity index is 0.000000512. The molecule has 0 spiro atoms. The number of nitrogens with one attached hydrogen (secondary N) is 1. The maximum Gasteiger partial charge on any atom is 0.200 e. The lowest BCUT2D eigenvalue weighted by Gasteiger charge is -2.44. The van der Waals surface area contributed by atoms with Crippen molar-refractivity contribution in [2.75, 3.05) is 20.6 Å². The first-order valence-electron chi connectivity index (χ1n) is 16.5. The molecule has 57 heavy (non-hydrogen) atoms. The molecule has 1 nitrogen and oxygen atoms in total. The zero-order chi connectivity index (χ0) is 43.2. The Labute approximate surface area is 308 Å². The second-order valence-electron chi connectivity index (χ2n) is 13.4. The fourth-order valence-electron chi connectivity index (χ4n) is 7.09. The highest BCUT2D eigenvalue weighted by molar-refractivity contribution is 7.20. The highest BCUT2D eigenvalue weighted by Gasteiger charge is 2.52. The Morgan fingerprint density at radius 2 is 0.561 bits per heavy atom. The van der Waals surface area contributed by atoms with Gasteiger partial charge in [-0.25, -0.2) is 87.8 Å². The summed E-state index contributed by atoms with van der Waals surface area (Å²) in [5.74, 6) is -70.3. The molecule has 1 saturated carbocycles. The van der Waals surface area contributed by atoms with Gasteiger partial charge in [-0.3, -0.25) is 0 Å². The fraction of sp³-hybridized carbons (Fsp3) is 0.314. The standard InChI is InChI=1S/C24BF20.C11H23N/c26-5-1(6(27)14(35)21(42)13(5)34)25(2-7(28)15(36)22(43)16(37)8(2)29,3-9(30)17(38)23(44)18(39)10(3)31)4-11(32)19(40)24(45)20(41)12(4)33;1-12(2)10-6-9-11-7-4-3-5-8-11/h;11H,3-10H2,1-2H3/q-1;/p+1. The highest BCUT2D eigenvalue weighted by atomic mass is 19.2. The van der Waals surface area contributed by atoms with Gasteiger partial charge in [0.1, 0.15) is 52.7 Å². The lowest BCUT2D eigenvalue weighted by Crippen LogP contribution is -3.05. The van der Waals surface area contributed by atoms with Crippen LogP contribution < -0.4 is 26.8 Å². The summed E-state index contributed by atoms with van der Waals surface area (Å²) in [6.07, 6.45) is 3.24. The van der Waals surface area contributed by atoms with Crippen LogP contribution in [0.4, 0.5) is 87.8 Å². The zero-order valence-corrected chi connectivity index (χ0v) is 28.9. The summed E-state index contributed by atoms with van der Waals surface area (Å²) in [6, 6.07) is 0. The number of hydrogen-bond acceptors (Lipinski definition) is 0. The summed E-state index contributed by atoms with van der Waals surface area (Å²) in [5.41, 5.74) is -14.3. The molecule has 5 rings (SSSR count). The highest BCUT2D eigenvalue weighted by Crippen LogP contribution is 2.31. The Kier molecular flexibility index (Phi) is 13.6. The van der Waals surface area contributed by atoms with E-state index in [2.05, 4.69) is 14.1 Å². The predicted octanol–water partition coefficient (Wildman–Crippen LogP) is 7.34. The SMILES string of the molecule is C[NH+](C)CCCC1CCCCC1.Fc1c(F)c(F)c([B-](c2c(F)c(F)c(F)c(F)c2F)(c2c(F)c(F)c(F)c(F)c2F)c2c(F)c(F)c(F)c(F)c2F)c(F)c1F. The van der Waals surface area contributed by atoms with Crippen molar-refractivity contribution < 1.29 is 92.7 Å². The lowest BCUT2D eigenvalue weighted by atomic mass is 9.12. The molecule has 0 bridgehead atoms. The Bertz CT molecular complexity index is 1820. The van der Waals surface area contributed by atoms with E-state index < -0.39 is 144 Å². The number of halogens is 20. The number of rotatable bonds is 8. The molecule has 0 heterocycles. The topological polar surface area (TPSA) is 4.44 Å². The van der Waals surface area contributed by atoms with Crippen LogP contribution in [0.2, 0.25) is 0 Å². The third kappa shape index (κ3) is 7.53. The van der Waals surface area contributed by atoms with Gasteiger partial charge < -0.3 is 4.90 Å². The maximum atomic E-state index is 15.4. The molecule has 0 amide bonds. The van der Waals surface area contributed by atoms with Crippen LogP contribution in [0.5, 0.6) is 0 Å². The van der Waals surface area contributed by atoms with Crippen molar-refractivity contribution in [3.63, 3.8) is 0 Å². The molecule has 0 unspecified atom stereocenters. The van der Waals surface area contributed by atoms with Gasteiger partial charge >= 0.3 is 0 Å². The second kappa shape index (κ2) is 17.2. The Hall–Kier alpha value is -4.50. The quantitative estimate of drug-likeness (QED) is 0.0821. The van der Waals surface area contributed by atoms with E-state index in [1.807, 2.05) is 0 Å². The number of quaternary nitrogens is 1. The van der Waals surface area contributed by atoms with E-state index in [9.17, 15) is 52.7 Å². The van der Waals surface area contributed by atoms with Gasteiger partial charge in [0, 0.05) is 0 Å². The van der Waals surface area contributed by atoms with Gasteiger partial charge in [-0.2, -0.15) is 0 Å². The smallest absolute Gasteiger partial charge is 0.200 e. The molecule has 0 aliphatic heterocycles. The van der Waals surface area contributed by atoms with Crippen molar-refractivity contribution in [3.05, 3.63) is 116 Å². The summed E-state index contributed by atoms with van der Waals surface area (Å²) >= 11 is 0. The van der Waals surface area contributed by atoms with Gasteiger partial charge in [0.2, 0.25) is 0 Å². The first-order chi connectivity index (χ1) is 26.5. The minimum Gasteiger partial charge on any atom is -0.340 e. The molecule has 1 N–H and O–H groups in total. The molecular formula is C35H24BF20N. The van der Waals surface area contributed by atoms with E-state index in [0.29, 0.717) is 0 Å². The van der Waals surface area contributed by atoms with Crippen molar-refractivity contribution in [3.8, 4) is 0 Å². The summed E-state index contributed by atoms with van der Waals surface area (Å²) < 4.78 is 294. The minimum atomic E-state index is -7.22. The van der Waals surface area contributed by atoms with Crippen molar-refractivity contribution in [1.29, 1.82) is 0 Å². The van der Waals surface area contributed by atoms with Crippen molar-refractivity contribution in [2.45, 2.75) is 44.9 Å². The Morgan fingerprint density at radius 1 is 0.351 bits per heavy atom. The van der Waals surface area contributed by atoms with Crippen LogP contribution in [0.3, 0.4) is 0 Å². The molecule has 0 saturated heterocycles. The van der Waals surface area contributed by atoms with E-state index in [1.165, 1.54) is 51.5 Å². The monoisotopic (exact) mass is 849 g/mol. The molecule has 312 valence electrons. The van der Waals surface area contributed by atoms with Crippen LogP contribution in [0.15, 0.2) is 0 Å². The predicted molar refractivity (Wildman–Crippen MR) is 163 cm³/mol. The average molecular weight is 849 g/mol. The third-order valence-electron chi connectivity index (χ3n) is 9.72. The van der Waals surface area contributed by atoms with Crippen LogP contribution >= 0.6 is 0 Å². The minimum absolute atomic E-state index is 1.08. The van der Waals surface area contributed by atoms with Crippen molar-refractivity contribution in [2.24, 2.45) is 5.92 Å². The molecule has 4 aromatic rings. The molecule has 1 aliphatic rings. The molecular weight excluding hydrogens is 825 g/mol. The van der Waals surface area contributed by atoms with Crippen LogP contribution in [0.1, 0.15) is 44.9 Å². The molecule has 1 aliphatic carbocycles. The van der Waals surface area contributed by atoms with Gasteiger partial charge in [-0.05, 0) is 18.8 Å². The molecule has 0 atom stereocenters. The van der Waals surface area contributed by atoms with E-state index in [0.717, 1.165) is 5.92 Å². The zero-order valence-electron chi connectivity index (χ0n) is 28.9. The van der Waals surface area contributed by atoms with Crippen LogP contribution in [-0.2, 0) is 0 Å². The van der Waals surface area contributed by atoms with E-state index in [-0.39, 0.29) is 0 Å². The number of benzene rings is 4. The van der Waals surface area contributed by atoms with Gasteiger partial charge in [-0.1, -0.05) is 32.1 Å². The van der Waals surface area contributed by atoms with E-state index >= 15 is 35.1 Å². The summed E-state index contributed by atoms with van der Waals surface area (Å²) in [6.45, 7) is 1.36. The first-order valence-corrected chi connectivity index (χ1v) is 16.5. The third-order valence-corrected chi connectivity index (χ3v) is 9.72. The summed E-state index contributed by atoms with van der Waals surface area (Å²) in [7, 11) is 4.50. The fourth-order valence-corrected chi connectivity index (χ4v) is 7.09. The summed E-state index contributed by atoms with van der Waals surface area (Å²) in [4.78, 5) is 1.60. The van der Waals surface area contributed by atoms with Crippen molar-refractivity contribution in [1.82, 2.24) is 0 Å². The molecule has 0 aromatic heterocycles. The van der Waals surface area contributed by atoms with Gasteiger partial charge in [0.25, 0.3) is 0 Å². The molecule has 0 radical (unpaired) electrons. The molecule has 4 aromatic carbocycles. The normalized spacial score (nSPS) is 13.7. The average Bonchev–Trinajstić information content (AvgIpc) is 3.18. The first kappa shape index (κ1) is 45.2.